The number of aromatic hydroxyl groups is 2. The Hall–Kier alpha value is -2.00. The van der Waals surface area contributed by atoms with Crippen molar-refractivity contribution in [3.05, 3.63) is 59.7 Å². The summed E-state index contributed by atoms with van der Waals surface area (Å²) >= 11 is 0. The second kappa shape index (κ2) is 5.97. The molecule has 0 aliphatic rings. The number of hydrogen-bond acceptors (Lipinski definition) is 3. The third-order valence-electron chi connectivity index (χ3n) is 4.00. The molecule has 0 heterocycles. The summed E-state index contributed by atoms with van der Waals surface area (Å²) in [5.74, 6) is 0.604. The molecule has 0 bridgehead atoms. The van der Waals surface area contributed by atoms with Crippen molar-refractivity contribution in [3.8, 4) is 11.5 Å². The van der Waals surface area contributed by atoms with Crippen LogP contribution in [0, 0.1) is 0 Å². The van der Waals surface area contributed by atoms with Gasteiger partial charge in [0.05, 0.1) is 0 Å². The second-order valence-corrected chi connectivity index (χ2v) is 5.14. The first-order chi connectivity index (χ1) is 9.52. The summed E-state index contributed by atoms with van der Waals surface area (Å²) in [5, 5.41) is 19.9. The van der Waals surface area contributed by atoms with Crippen molar-refractivity contribution in [2.75, 3.05) is 7.05 Å². The maximum Gasteiger partial charge on any atom is 0.120 e. The smallest absolute Gasteiger partial charge is 0.120 e. The third-order valence-corrected chi connectivity index (χ3v) is 4.00. The van der Waals surface area contributed by atoms with Crippen LogP contribution < -0.4 is 0 Å². The van der Waals surface area contributed by atoms with Crippen molar-refractivity contribution < 1.29 is 10.2 Å². The zero-order chi connectivity index (χ0) is 14.7. The van der Waals surface area contributed by atoms with E-state index in [0.717, 1.165) is 11.1 Å². The largest absolute Gasteiger partial charge is 0.508 e. The molecular weight excluding hydrogens is 250 g/mol. The van der Waals surface area contributed by atoms with Crippen molar-refractivity contribution in [1.82, 2.24) is 4.90 Å². The molecule has 2 aromatic rings. The summed E-state index contributed by atoms with van der Waals surface area (Å²) in [7, 11) is 1.99. The minimum absolute atomic E-state index is 0.0470. The fourth-order valence-corrected chi connectivity index (χ4v) is 2.46. The van der Waals surface area contributed by atoms with Crippen LogP contribution in [0.2, 0.25) is 0 Å². The number of nitrogens with zero attached hydrogens (tertiary/aromatic N) is 1. The number of phenols is 2. The van der Waals surface area contributed by atoms with Gasteiger partial charge in [-0.3, -0.25) is 4.90 Å². The zero-order valence-electron chi connectivity index (χ0n) is 12.1. The first-order valence-electron chi connectivity index (χ1n) is 6.80. The molecule has 0 spiro atoms. The fourth-order valence-electron chi connectivity index (χ4n) is 2.46. The Kier molecular flexibility index (Phi) is 4.30. The monoisotopic (exact) mass is 271 g/mol. The molecule has 0 aliphatic carbocycles. The molecule has 3 nitrogen and oxygen atoms in total. The standard InChI is InChI=1S/C17H21NO2/c1-12(14-8-4-6-10-16(14)19)18(3)13(2)15-9-5-7-11-17(15)20/h4-13,19-20H,1-3H3. The van der Waals surface area contributed by atoms with E-state index in [0.29, 0.717) is 11.5 Å². The Bertz CT molecular complexity index is 531. The summed E-state index contributed by atoms with van der Waals surface area (Å²) in [6, 6.07) is 14.8. The highest BCUT2D eigenvalue weighted by Crippen LogP contribution is 2.35. The van der Waals surface area contributed by atoms with E-state index in [2.05, 4.69) is 4.90 Å². The van der Waals surface area contributed by atoms with E-state index in [1.807, 2.05) is 57.3 Å². The average Bonchev–Trinajstić information content (AvgIpc) is 2.46. The molecule has 106 valence electrons. The molecule has 0 aromatic heterocycles. The number of rotatable bonds is 4. The summed E-state index contributed by atoms with van der Waals surface area (Å²) in [4.78, 5) is 2.13. The van der Waals surface area contributed by atoms with Gasteiger partial charge in [-0.2, -0.15) is 0 Å². The van der Waals surface area contributed by atoms with Crippen LogP contribution in [-0.4, -0.2) is 22.2 Å². The van der Waals surface area contributed by atoms with Gasteiger partial charge in [0, 0.05) is 23.2 Å². The van der Waals surface area contributed by atoms with Gasteiger partial charge in [-0.25, -0.2) is 0 Å². The maximum atomic E-state index is 9.96. The van der Waals surface area contributed by atoms with Crippen LogP contribution in [-0.2, 0) is 0 Å². The van der Waals surface area contributed by atoms with Crippen LogP contribution in [0.25, 0.3) is 0 Å². The molecule has 2 unspecified atom stereocenters. The van der Waals surface area contributed by atoms with Gasteiger partial charge in [-0.1, -0.05) is 36.4 Å². The van der Waals surface area contributed by atoms with E-state index in [4.69, 9.17) is 0 Å². The van der Waals surface area contributed by atoms with Gasteiger partial charge < -0.3 is 10.2 Å². The minimum Gasteiger partial charge on any atom is -0.508 e. The molecule has 0 amide bonds. The van der Waals surface area contributed by atoms with Crippen molar-refractivity contribution in [2.24, 2.45) is 0 Å². The van der Waals surface area contributed by atoms with E-state index in [1.165, 1.54) is 0 Å². The topological polar surface area (TPSA) is 43.7 Å². The number of phenolic OH excluding ortho intramolecular Hbond substituents is 2. The van der Waals surface area contributed by atoms with Crippen LogP contribution in [0.3, 0.4) is 0 Å². The molecule has 2 atom stereocenters. The van der Waals surface area contributed by atoms with Crippen LogP contribution in [0.4, 0.5) is 0 Å². The third kappa shape index (κ3) is 2.78. The minimum atomic E-state index is 0.0470. The first-order valence-corrected chi connectivity index (χ1v) is 6.80. The Morgan fingerprint density at radius 2 is 1.10 bits per heavy atom. The molecule has 3 heteroatoms. The molecule has 20 heavy (non-hydrogen) atoms. The molecule has 2 aromatic carbocycles. The van der Waals surface area contributed by atoms with Crippen molar-refractivity contribution in [1.29, 1.82) is 0 Å². The molecule has 0 aliphatic heterocycles. The lowest BCUT2D eigenvalue weighted by molar-refractivity contribution is 0.193. The molecule has 0 saturated carbocycles. The van der Waals surface area contributed by atoms with E-state index in [-0.39, 0.29) is 12.1 Å². The van der Waals surface area contributed by atoms with Crippen LogP contribution in [0.1, 0.15) is 37.1 Å². The normalized spacial score (nSPS) is 14.2. The SMILES string of the molecule is CC(c1ccccc1O)N(C)C(C)c1ccccc1O. The summed E-state index contributed by atoms with van der Waals surface area (Å²) in [6.07, 6.45) is 0. The maximum absolute atomic E-state index is 9.96. The average molecular weight is 271 g/mol. The lowest BCUT2D eigenvalue weighted by Gasteiger charge is -2.32. The van der Waals surface area contributed by atoms with Gasteiger partial charge >= 0.3 is 0 Å². The fraction of sp³-hybridized carbons (Fsp3) is 0.294. The van der Waals surface area contributed by atoms with Crippen LogP contribution in [0.15, 0.2) is 48.5 Å². The Labute approximate surface area is 120 Å². The van der Waals surface area contributed by atoms with Gasteiger partial charge in [-0.15, -0.1) is 0 Å². The number of benzene rings is 2. The van der Waals surface area contributed by atoms with Crippen molar-refractivity contribution in [2.45, 2.75) is 25.9 Å². The van der Waals surface area contributed by atoms with Crippen molar-refractivity contribution >= 4 is 0 Å². The van der Waals surface area contributed by atoms with Gasteiger partial charge in [0.15, 0.2) is 0 Å². The van der Waals surface area contributed by atoms with Crippen molar-refractivity contribution in [3.63, 3.8) is 0 Å². The van der Waals surface area contributed by atoms with E-state index < -0.39 is 0 Å². The summed E-state index contributed by atoms with van der Waals surface area (Å²) in [6.45, 7) is 4.09. The lowest BCUT2D eigenvalue weighted by Crippen LogP contribution is -2.26. The lowest BCUT2D eigenvalue weighted by atomic mass is 10.0. The van der Waals surface area contributed by atoms with Crippen LogP contribution >= 0.6 is 0 Å². The van der Waals surface area contributed by atoms with Gasteiger partial charge in [0.2, 0.25) is 0 Å². The predicted molar refractivity (Wildman–Crippen MR) is 80.8 cm³/mol. The highest BCUT2D eigenvalue weighted by atomic mass is 16.3. The Morgan fingerprint density at radius 1 is 0.750 bits per heavy atom. The summed E-state index contributed by atoms with van der Waals surface area (Å²) in [5.41, 5.74) is 1.77. The van der Waals surface area contributed by atoms with Gasteiger partial charge in [-0.05, 0) is 33.0 Å². The zero-order valence-corrected chi connectivity index (χ0v) is 12.1. The Morgan fingerprint density at radius 3 is 1.45 bits per heavy atom. The predicted octanol–water partition coefficient (Wildman–Crippen LogP) is 3.85. The molecule has 2 N–H and O–H groups in total. The van der Waals surface area contributed by atoms with E-state index in [9.17, 15) is 10.2 Å². The van der Waals surface area contributed by atoms with E-state index in [1.54, 1.807) is 12.1 Å². The number of para-hydroxylation sites is 2. The van der Waals surface area contributed by atoms with E-state index >= 15 is 0 Å². The second-order valence-electron chi connectivity index (χ2n) is 5.14. The van der Waals surface area contributed by atoms with Gasteiger partial charge in [0.1, 0.15) is 11.5 Å². The highest BCUT2D eigenvalue weighted by molar-refractivity contribution is 5.36. The number of hydrogen-bond donors (Lipinski definition) is 2. The van der Waals surface area contributed by atoms with Gasteiger partial charge in [0.25, 0.3) is 0 Å². The quantitative estimate of drug-likeness (QED) is 0.887. The summed E-state index contributed by atoms with van der Waals surface area (Å²) < 4.78 is 0. The molecule has 0 radical (unpaired) electrons. The molecule has 2 rings (SSSR count). The Balaban J connectivity index is 2.25. The molecule has 0 fully saturated rings. The highest BCUT2D eigenvalue weighted by Gasteiger charge is 2.22. The molecule has 0 saturated heterocycles. The first kappa shape index (κ1) is 14.4. The van der Waals surface area contributed by atoms with Crippen LogP contribution in [0.5, 0.6) is 11.5 Å². The molecular formula is C17H21NO2.